The lowest BCUT2D eigenvalue weighted by Gasteiger charge is -2.16. The van der Waals surface area contributed by atoms with Crippen LogP contribution >= 0.6 is 0 Å². The number of allylic oxidation sites excluding steroid dienone is 2. The van der Waals surface area contributed by atoms with Gasteiger partial charge in [0.15, 0.2) is 0 Å². The van der Waals surface area contributed by atoms with Gasteiger partial charge in [0.2, 0.25) is 0 Å². The van der Waals surface area contributed by atoms with Crippen molar-refractivity contribution in [3.63, 3.8) is 0 Å². The molecule has 2 aromatic carbocycles. The van der Waals surface area contributed by atoms with Crippen molar-refractivity contribution in [3.05, 3.63) is 83.5 Å². The zero-order valence-electron chi connectivity index (χ0n) is 15.0. The zero-order valence-corrected chi connectivity index (χ0v) is 15.0. The summed E-state index contributed by atoms with van der Waals surface area (Å²) in [5, 5.41) is 5.45. The van der Waals surface area contributed by atoms with Gasteiger partial charge >= 0.3 is 6.03 Å². The van der Waals surface area contributed by atoms with Crippen LogP contribution in [0.2, 0.25) is 0 Å². The maximum absolute atomic E-state index is 12.5. The average molecular weight is 356 g/mol. The molecule has 0 spiro atoms. The van der Waals surface area contributed by atoms with Gasteiger partial charge in [0, 0.05) is 5.57 Å². The van der Waals surface area contributed by atoms with E-state index < -0.39 is 6.03 Å². The summed E-state index contributed by atoms with van der Waals surface area (Å²) in [5.74, 6) is 1.24. The highest BCUT2D eigenvalue weighted by Crippen LogP contribution is 2.50. The Labute approximate surface area is 158 Å². The second-order valence-electron chi connectivity index (χ2n) is 7.53. The van der Waals surface area contributed by atoms with Gasteiger partial charge in [-0.05, 0) is 40.0 Å². The molecule has 27 heavy (non-hydrogen) atoms. The topological polar surface area (TPSA) is 58.2 Å². The quantitative estimate of drug-likeness (QED) is 0.856. The van der Waals surface area contributed by atoms with Gasteiger partial charge in [0.25, 0.3) is 5.91 Å². The zero-order chi connectivity index (χ0) is 18.5. The lowest BCUT2D eigenvalue weighted by atomic mass is 10.1. The Morgan fingerprint density at radius 3 is 2.15 bits per heavy atom. The van der Waals surface area contributed by atoms with E-state index in [0.29, 0.717) is 23.3 Å². The fourth-order valence-corrected chi connectivity index (χ4v) is 4.37. The molecule has 3 amide bonds. The molecule has 134 valence electrons. The number of rotatable bonds is 2. The third kappa shape index (κ3) is 2.60. The first kappa shape index (κ1) is 16.1. The number of amides is 3. The van der Waals surface area contributed by atoms with Crippen molar-refractivity contribution in [2.75, 3.05) is 0 Å². The number of hydrogen-bond donors (Lipinski definition) is 2. The monoisotopic (exact) mass is 356 g/mol. The van der Waals surface area contributed by atoms with Gasteiger partial charge in [-0.1, -0.05) is 73.7 Å². The molecule has 3 unspecified atom stereocenters. The molecular formula is C23H20N2O2. The van der Waals surface area contributed by atoms with Crippen LogP contribution in [0.15, 0.2) is 72.3 Å². The molecule has 0 radical (unpaired) electrons. The van der Waals surface area contributed by atoms with Crippen molar-refractivity contribution in [2.24, 2.45) is 17.8 Å². The fraction of sp³-hybridized carbons (Fsp3) is 0.217. The molecule has 0 saturated heterocycles. The van der Waals surface area contributed by atoms with Crippen molar-refractivity contribution in [1.82, 2.24) is 10.6 Å². The van der Waals surface area contributed by atoms with E-state index in [0.717, 1.165) is 22.3 Å². The van der Waals surface area contributed by atoms with Gasteiger partial charge in [0.05, 0.1) is 6.04 Å². The van der Waals surface area contributed by atoms with Crippen molar-refractivity contribution < 1.29 is 9.59 Å². The second-order valence-corrected chi connectivity index (χ2v) is 7.53. The lowest BCUT2D eigenvalue weighted by Crippen LogP contribution is -2.41. The van der Waals surface area contributed by atoms with Gasteiger partial charge in [-0.15, -0.1) is 0 Å². The molecule has 1 saturated carbocycles. The summed E-state index contributed by atoms with van der Waals surface area (Å²) < 4.78 is 0. The normalized spacial score (nSPS) is 24.3. The van der Waals surface area contributed by atoms with Gasteiger partial charge in [-0.25, -0.2) is 4.79 Å². The first-order chi connectivity index (χ1) is 13.1. The molecular weight excluding hydrogens is 336 g/mol. The van der Waals surface area contributed by atoms with Gasteiger partial charge < -0.3 is 5.32 Å². The highest BCUT2D eigenvalue weighted by molar-refractivity contribution is 6.06. The second kappa shape index (κ2) is 5.95. The minimum Gasteiger partial charge on any atom is -0.327 e. The molecule has 2 aromatic rings. The van der Waals surface area contributed by atoms with Crippen LogP contribution in [0.4, 0.5) is 4.79 Å². The number of nitrogens with one attached hydrogen (secondary N) is 2. The summed E-state index contributed by atoms with van der Waals surface area (Å²) in [6, 6.07) is 15.3. The predicted octanol–water partition coefficient (Wildman–Crippen LogP) is 3.96. The van der Waals surface area contributed by atoms with E-state index in [2.05, 4.69) is 35.8 Å². The van der Waals surface area contributed by atoms with E-state index >= 15 is 0 Å². The van der Waals surface area contributed by atoms with E-state index in [-0.39, 0.29) is 11.9 Å². The largest absolute Gasteiger partial charge is 0.327 e. The molecule has 0 aliphatic heterocycles. The minimum absolute atomic E-state index is 0.256. The summed E-state index contributed by atoms with van der Waals surface area (Å²) in [6.07, 6.45) is 5.89. The van der Waals surface area contributed by atoms with Crippen molar-refractivity contribution >= 4 is 11.9 Å². The van der Waals surface area contributed by atoms with Crippen molar-refractivity contribution in [3.8, 4) is 11.1 Å². The van der Waals surface area contributed by atoms with E-state index in [1.54, 1.807) is 0 Å². The Morgan fingerprint density at radius 1 is 0.889 bits per heavy atom. The van der Waals surface area contributed by atoms with Crippen molar-refractivity contribution in [2.45, 2.75) is 13.0 Å². The van der Waals surface area contributed by atoms with Gasteiger partial charge in [-0.3, -0.25) is 10.1 Å². The number of imide groups is 1. The first-order valence-corrected chi connectivity index (χ1v) is 9.33. The molecule has 0 heterocycles. The molecule has 1 fully saturated rings. The Morgan fingerprint density at radius 2 is 1.52 bits per heavy atom. The Hall–Kier alpha value is -3.14. The highest BCUT2D eigenvalue weighted by atomic mass is 16.2. The third-order valence-corrected chi connectivity index (χ3v) is 5.99. The molecule has 4 heteroatoms. The van der Waals surface area contributed by atoms with E-state index in [1.165, 1.54) is 0 Å². The lowest BCUT2D eigenvalue weighted by molar-refractivity contribution is -0.116. The Balaban J connectivity index is 1.34. The first-order valence-electron chi connectivity index (χ1n) is 9.33. The van der Waals surface area contributed by atoms with Crippen LogP contribution in [0.3, 0.4) is 0 Å². The molecule has 0 bridgehead atoms. The number of fused-ring (bicyclic) bond motifs is 4. The van der Waals surface area contributed by atoms with Crippen LogP contribution in [0, 0.1) is 17.8 Å². The number of hydrogen-bond acceptors (Lipinski definition) is 2. The number of carbonyl (C=O) groups is 2. The predicted molar refractivity (Wildman–Crippen MR) is 104 cm³/mol. The molecule has 5 rings (SSSR count). The van der Waals surface area contributed by atoms with Crippen molar-refractivity contribution in [1.29, 1.82) is 0 Å². The molecule has 2 N–H and O–H groups in total. The summed E-state index contributed by atoms with van der Waals surface area (Å²) >= 11 is 0. The highest BCUT2D eigenvalue weighted by Gasteiger charge is 2.45. The molecule has 3 aliphatic rings. The SMILES string of the molecule is CC1C2C=CC(C(=O)NC(=O)NC3c4ccccc4-c4ccccc43)=CC12. The van der Waals surface area contributed by atoms with Crippen LogP contribution in [0.5, 0.6) is 0 Å². The van der Waals surface area contributed by atoms with E-state index in [1.807, 2.05) is 48.6 Å². The average Bonchev–Trinajstić information content (AvgIpc) is 3.24. The maximum atomic E-state index is 12.5. The molecule has 3 aliphatic carbocycles. The van der Waals surface area contributed by atoms with Gasteiger partial charge in [-0.2, -0.15) is 0 Å². The number of urea groups is 1. The van der Waals surface area contributed by atoms with E-state index in [9.17, 15) is 9.59 Å². The van der Waals surface area contributed by atoms with Crippen LogP contribution in [0.25, 0.3) is 11.1 Å². The van der Waals surface area contributed by atoms with Crippen LogP contribution < -0.4 is 10.6 Å². The summed E-state index contributed by atoms with van der Waals surface area (Å²) in [5.41, 5.74) is 4.91. The third-order valence-electron chi connectivity index (χ3n) is 5.99. The Kier molecular flexibility index (Phi) is 3.54. The molecule has 4 nitrogen and oxygen atoms in total. The molecule has 3 atom stereocenters. The number of carbonyl (C=O) groups excluding carboxylic acids is 2. The summed E-state index contributed by atoms with van der Waals surface area (Å²) in [7, 11) is 0. The standard InChI is InChI=1S/C23H20N2O2/c1-13-15-11-10-14(12-20(13)15)22(26)25-23(27)24-21-18-8-4-2-6-16(18)17-7-3-5-9-19(17)21/h2-13,15,20-21H,1H3,(H2,24,25,26,27). The minimum atomic E-state index is -0.475. The molecule has 0 aromatic heterocycles. The van der Waals surface area contributed by atoms with Gasteiger partial charge in [0.1, 0.15) is 0 Å². The maximum Gasteiger partial charge on any atom is 0.322 e. The van der Waals surface area contributed by atoms with E-state index in [4.69, 9.17) is 0 Å². The summed E-state index contributed by atoms with van der Waals surface area (Å²) in [6.45, 7) is 2.18. The number of benzene rings is 2. The fourth-order valence-electron chi connectivity index (χ4n) is 4.37. The van der Waals surface area contributed by atoms with Crippen LogP contribution in [-0.2, 0) is 4.79 Å². The van der Waals surface area contributed by atoms with Crippen LogP contribution in [0.1, 0.15) is 24.1 Å². The Bertz CT molecular complexity index is 975. The van der Waals surface area contributed by atoms with Crippen LogP contribution in [-0.4, -0.2) is 11.9 Å². The smallest absolute Gasteiger partial charge is 0.322 e. The summed E-state index contributed by atoms with van der Waals surface area (Å²) in [4.78, 5) is 25.0.